The molecule has 0 spiro atoms. The number of anilines is 3. The molecule has 0 aliphatic rings. The van der Waals surface area contributed by atoms with E-state index < -0.39 is 0 Å². The van der Waals surface area contributed by atoms with Crippen molar-refractivity contribution in [2.45, 2.75) is 6.92 Å². The van der Waals surface area contributed by atoms with Gasteiger partial charge in [-0.25, -0.2) is 15.2 Å². The molecule has 0 amide bonds. The van der Waals surface area contributed by atoms with Gasteiger partial charge in [-0.3, -0.25) is 5.43 Å². The van der Waals surface area contributed by atoms with Crippen molar-refractivity contribution in [3.05, 3.63) is 40.2 Å². The quantitative estimate of drug-likeness (QED) is 0.600. The van der Waals surface area contributed by atoms with Crippen LogP contribution in [0.4, 0.5) is 21.8 Å². The number of nitrogen functional groups attached to an aromatic ring is 1. The molecule has 0 radical (unpaired) electrons. The lowest BCUT2D eigenvalue weighted by Crippen LogP contribution is -2.11. The minimum absolute atomic E-state index is 0.288. The molecule has 1 aromatic heterocycles. The van der Waals surface area contributed by atoms with Gasteiger partial charge in [-0.05, 0) is 41.1 Å². The van der Waals surface area contributed by atoms with E-state index in [-0.39, 0.29) is 11.8 Å². The van der Waals surface area contributed by atoms with Gasteiger partial charge in [0, 0.05) is 16.2 Å². The zero-order chi connectivity index (χ0) is 13.1. The molecule has 94 valence electrons. The third kappa shape index (κ3) is 2.74. The second-order valence-corrected chi connectivity index (χ2v) is 4.47. The first kappa shape index (κ1) is 12.7. The van der Waals surface area contributed by atoms with Crippen molar-refractivity contribution < 1.29 is 4.39 Å². The molecule has 1 heterocycles. The summed E-state index contributed by atoms with van der Waals surface area (Å²) < 4.78 is 13.9. The minimum atomic E-state index is -0.329. The molecule has 2 aromatic rings. The van der Waals surface area contributed by atoms with Crippen molar-refractivity contribution in [1.82, 2.24) is 9.97 Å². The number of hydrazine groups is 1. The Balaban J connectivity index is 2.36. The predicted molar refractivity (Wildman–Crippen MR) is 72.0 cm³/mol. The number of nitrogens with one attached hydrogen (secondary N) is 2. The number of halogens is 2. The molecule has 0 atom stereocenters. The number of benzene rings is 1. The number of nitrogens with zero attached hydrogens (tertiary/aromatic N) is 2. The highest BCUT2D eigenvalue weighted by atomic mass is 79.9. The van der Waals surface area contributed by atoms with Crippen LogP contribution in [-0.4, -0.2) is 9.97 Å². The summed E-state index contributed by atoms with van der Waals surface area (Å²) in [7, 11) is 0. The Kier molecular flexibility index (Phi) is 3.73. The Hall–Kier alpha value is -1.73. The van der Waals surface area contributed by atoms with Crippen LogP contribution < -0.4 is 16.6 Å². The van der Waals surface area contributed by atoms with E-state index in [0.29, 0.717) is 11.5 Å². The Labute approximate surface area is 112 Å². The maximum Gasteiger partial charge on any atom is 0.239 e. The summed E-state index contributed by atoms with van der Waals surface area (Å²) in [5.41, 5.74) is 3.77. The maximum atomic E-state index is 13.2. The molecule has 0 fully saturated rings. The van der Waals surface area contributed by atoms with Crippen LogP contribution in [0.2, 0.25) is 0 Å². The van der Waals surface area contributed by atoms with E-state index in [1.54, 1.807) is 12.3 Å². The first-order valence-corrected chi connectivity index (χ1v) is 5.92. The normalized spacial score (nSPS) is 10.2. The lowest BCUT2D eigenvalue weighted by Gasteiger charge is -2.11. The number of nitrogens with two attached hydrogens (primary N) is 1. The van der Waals surface area contributed by atoms with Crippen LogP contribution in [0.5, 0.6) is 0 Å². The lowest BCUT2D eigenvalue weighted by atomic mass is 10.3. The van der Waals surface area contributed by atoms with Gasteiger partial charge in [-0.1, -0.05) is 0 Å². The Morgan fingerprint density at radius 1 is 1.39 bits per heavy atom. The molecular formula is C11H11BrFN5. The van der Waals surface area contributed by atoms with Gasteiger partial charge in [0.15, 0.2) is 0 Å². The van der Waals surface area contributed by atoms with Crippen LogP contribution in [0.3, 0.4) is 0 Å². The van der Waals surface area contributed by atoms with Crippen LogP contribution >= 0.6 is 15.9 Å². The summed E-state index contributed by atoms with van der Waals surface area (Å²) in [5, 5.41) is 3.02. The number of aromatic nitrogens is 2. The Morgan fingerprint density at radius 3 is 2.89 bits per heavy atom. The molecule has 0 bridgehead atoms. The highest BCUT2D eigenvalue weighted by molar-refractivity contribution is 9.10. The summed E-state index contributed by atoms with van der Waals surface area (Å²) >= 11 is 3.34. The first-order valence-electron chi connectivity index (χ1n) is 5.12. The topological polar surface area (TPSA) is 75.9 Å². The molecule has 0 saturated heterocycles. The van der Waals surface area contributed by atoms with Crippen molar-refractivity contribution in [2.75, 3.05) is 10.7 Å². The molecule has 0 aliphatic carbocycles. The van der Waals surface area contributed by atoms with Crippen LogP contribution in [-0.2, 0) is 0 Å². The van der Waals surface area contributed by atoms with Crippen LogP contribution in [0.25, 0.3) is 0 Å². The van der Waals surface area contributed by atoms with Crippen molar-refractivity contribution in [2.24, 2.45) is 5.84 Å². The van der Waals surface area contributed by atoms with Crippen molar-refractivity contribution in [3.8, 4) is 0 Å². The highest BCUT2D eigenvalue weighted by Gasteiger charge is 2.07. The highest BCUT2D eigenvalue weighted by Crippen LogP contribution is 2.27. The van der Waals surface area contributed by atoms with Crippen molar-refractivity contribution in [3.63, 3.8) is 0 Å². The number of hydrogen-bond donors (Lipinski definition) is 3. The van der Waals surface area contributed by atoms with Gasteiger partial charge in [-0.2, -0.15) is 4.98 Å². The van der Waals surface area contributed by atoms with E-state index in [2.05, 4.69) is 36.6 Å². The van der Waals surface area contributed by atoms with Crippen LogP contribution in [0.15, 0.2) is 28.9 Å². The van der Waals surface area contributed by atoms with Crippen LogP contribution in [0, 0.1) is 12.7 Å². The fraction of sp³-hybridized carbons (Fsp3) is 0.0909. The zero-order valence-electron chi connectivity index (χ0n) is 9.54. The van der Waals surface area contributed by atoms with Crippen LogP contribution in [0.1, 0.15) is 5.56 Å². The molecule has 0 aliphatic heterocycles. The maximum absolute atomic E-state index is 13.2. The second kappa shape index (κ2) is 5.28. The van der Waals surface area contributed by atoms with Gasteiger partial charge in [0.25, 0.3) is 0 Å². The lowest BCUT2D eigenvalue weighted by molar-refractivity contribution is 0.628. The number of rotatable bonds is 3. The summed E-state index contributed by atoms with van der Waals surface area (Å²) in [5.74, 6) is 5.76. The fourth-order valence-electron chi connectivity index (χ4n) is 1.36. The molecule has 0 saturated carbocycles. The van der Waals surface area contributed by atoms with Gasteiger partial charge in [-0.15, -0.1) is 0 Å². The number of aryl methyl sites for hydroxylation is 1. The Bertz CT molecular complexity index is 575. The standard InChI is InChI=1S/C11H11BrFN5/c1-6-5-15-11(18-14)17-10(6)16-9-4-7(13)2-3-8(9)12/h2-5H,14H2,1H3,(H2,15,16,17,18). The van der Waals surface area contributed by atoms with Gasteiger partial charge in [0.1, 0.15) is 11.6 Å². The van der Waals surface area contributed by atoms with E-state index in [0.717, 1.165) is 10.0 Å². The van der Waals surface area contributed by atoms with Gasteiger partial charge < -0.3 is 5.32 Å². The van der Waals surface area contributed by atoms with E-state index in [9.17, 15) is 4.39 Å². The monoisotopic (exact) mass is 311 g/mol. The van der Waals surface area contributed by atoms with E-state index in [4.69, 9.17) is 5.84 Å². The molecule has 7 heteroatoms. The molecule has 18 heavy (non-hydrogen) atoms. The zero-order valence-corrected chi connectivity index (χ0v) is 11.1. The Morgan fingerprint density at radius 2 is 2.17 bits per heavy atom. The average molecular weight is 312 g/mol. The number of hydrogen-bond acceptors (Lipinski definition) is 5. The smallest absolute Gasteiger partial charge is 0.239 e. The summed E-state index contributed by atoms with van der Waals surface area (Å²) in [6.07, 6.45) is 1.62. The van der Waals surface area contributed by atoms with E-state index >= 15 is 0 Å². The summed E-state index contributed by atoms with van der Waals surface area (Å²) in [6, 6.07) is 4.37. The van der Waals surface area contributed by atoms with Gasteiger partial charge in [0.2, 0.25) is 5.95 Å². The largest absolute Gasteiger partial charge is 0.339 e. The molecular weight excluding hydrogens is 301 g/mol. The summed E-state index contributed by atoms with van der Waals surface area (Å²) in [4.78, 5) is 8.12. The molecule has 5 nitrogen and oxygen atoms in total. The second-order valence-electron chi connectivity index (χ2n) is 3.62. The SMILES string of the molecule is Cc1cnc(NN)nc1Nc1cc(F)ccc1Br. The van der Waals surface area contributed by atoms with Gasteiger partial charge >= 0.3 is 0 Å². The van der Waals surface area contributed by atoms with Crippen molar-refractivity contribution >= 4 is 33.4 Å². The van der Waals surface area contributed by atoms with Gasteiger partial charge in [0.05, 0.1) is 5.69 Å². The van der Waals surface area contributed by atoms with E-state index in [1.165, 1.54) is 12.1 Å². The third-order valence-electron chi connectivity index (χ3n) is 2.28. The van der Waals surface area contributed by atoms with Crippen molar-refractivity contribution in [1.29, 1.82) is 0 Å². The predicted octanol–water partition coefficient (Wildman–Crippen LogP) is 2.72. The molecule has 4 N–H and O–H groups in total. The molecule has 0 unspecified atom stereocenters. The molecule has 2 rings (SSSR count). The average Bonchev–Trinajstić information content (AvgIpc) is 2.36. The third-order valence-corrected chi connectivity index (χ3v) is 2.97. The minimum Gasteiger partial charge on any atom is -0.339 e. The first-order chi connectivity index (χ1) is 8.60. The fourth-order valence-corrected chi connectivity index (χ4v) is 1.70. The summed E-state index contributed by atoms with van der Waals surface area (Å²) in [6.45, 7) is 1.84. The van der Waals surface area contributed by atoms with E-state index in [1.807, 2.05) is 6.92 Å². The molecule has 1 aromatic carbocycles.